The first-order valence-corrected chi connectivity index (χ1v) is 8.97. The average Bonchev–Trinajstić information content (AvgIpc) is 2.57. The summed E-state index contributed by atoms with van der Waals surface area (Å²) in [6, 6.07) is 7.57. The second-order valence-electron chi connectivity index (χ2n) is 6.20. The quantitative estimate of drug-likeness (QED) is 0.656. The second-order valence-corrected chi connectivity index (χ2v) is 7.66. The van der Waals surface area contributed by atoms with Crippen molar-refractivity contribution in [2.24, 2.45) is 0 Å². The van der Waals surface area contributed by atoms with Gasteiger partial charge in [0, 0.05) is 11.4 Å². The van der Waals surface area contributed by atoms with Crippen molar-refractivity contribution in [3.8, 4) is 0 Å². The van der Waals surface area contributed by atoms with Crippen molar-refractivity contribution in [3.63, 3.8) is 0 Å². The van der Waals surface area contributed by atoms with Gasteiger partial charge < -0.3 is 10.6 Å². The molecule has 0 fully saturated rings. The normalized spacial score (nSPS) is 23.5. The third kappa shape index (κ3) is 3.44. The van der Waals surface area contributed by atoms with Crippen LogP contribution in [0, 0.1) is 0 Å². The van der Waals surface area contributed by atoms with Crippen LogP contribution in [0.2, 0.25) is 0 Å². The van der Waals surface area contributed by atoms with Crippen LogP contribution in [0.5, 0.6) is 0 Å². The van der Waals surface area contributed by atoms with Gasteiger partial charge in [0.2, 0.25) is 11.8 Å². The summed E-state index contributed by atoms with van der Waals surface area (Å²) in [6.07, 6.45) is 7.96. The number of anilines is 1. The Hall–Kier alpha value is -1.75. The van der Waals surface area contributed by atoms with Gasteiger partial charge in [-0.2, -0.15) is 0 Å². The number of hydrogen-bond donors (Lipinski definition) is 2. The molecular weight excluding hydrogens is 308 g/mol. The first kappa shape index (κ1) is 16.1. The van der Waals surface area contributed by atoms with E-state index in [9.17, 15) is 9.59 Å². The molecule has 1 aromatic rings. The Morgan fingerprint density at radius 3 is 2.96 bits per heavy atom. The highest BCUT2D eigenvalue weighted by atomic mass is 32.2. The number of carbonyl (C=O) groups is 2. The molecule has 2 amide bonds. The van der Waals surface area contributed by atoms with Crippen LogP contribution in [0.25, 0.3) is 0 Å². The summed E-state index contributed by atoms with van der Waals surface area (Å²) in [5.41, 5.74) is 2.20. The number of thioether (sulfide) groups is 1. The first-order chi connectivity index (χ1) is 11.1. The molecule has 0 spiro atoms. The Labute approximate surface area is 141 Å². The SMILES string of the molecule is C[C@]1(C(=O)NCCC2=CCCCC2)Sc2ccccc2NC1=O. The lowest BCUT2D eigenvalue weighted by molar-refractivity contribution is -0.129. The number of allylic oxidation sites excluding steroid dienone is 1. The van der Waals surface area contributed by atoms with Crippen molar-refractivity contribution in [1.29, 1.82) is 0 Å². The van der Waals surface area contributed by atoms with E-state index in [-0.39, 0.29) is 11.8 Å². The minimum atomic E-state index is -1.12. The number of hydrogen-bond acceptors (Lipinski definition) is 3. The molecule has 0 bridgehead atoms. The fourth-order valence-corrected chi connectivity index (χ4v) is 4.08. The van der Waals surface area contributed by atoms with E-state index in [1.165, 1.54) is 30.2 Å². The Bertz CT molecular complexity index is 656. The Balaban J connectivity index is 1.62. The Morgan fingerprint density at radius 2 is 2.17 bits per heavy atom. The van der Waals surface area contributed by atoms with Crippen LogP contribution < -0.4 is 10.6 Å². The van der Waals surface area contributed by atoms with Crippen molar-refractivity contribution in [2.45, 2.75) is 48.7 Å². The average molecular weight is 330 g/mol. The molecule has 0 radical (unpaired) electrons. The molecule has 0 unspecified atom stereocenters. The van der Waals surface area contributed by atoms with Gasteiger partial charge in [-0.25, -0.2) is 0 Å². The van der Waals surface area contributed by atoms with Gasteiger partial charge in [0.05, 0.1) is 5.69 Å². The van der Waals surface area contributed by atoms with E-state index < -0.39 is 4.75 Å². The zero-order valence-corrected chi connectivity index (χ0v) is 14.2. The number of fused-ring (bicyclic) bond motifs is 1. The number of amides is 2. The summed E-state index contributed by atoms with van der Waals surface area (Å²) in [5.74, 6) is -0.471. The highest BCUT2D eigenvalue weighted by Gasteiger charge is 2.45. The van der Waals surface area contributed by atoms with Crippen molar-refractivity contribution in [2.75, 3.05) is 11.9 Å². The summed E-state index contributed by atoms with van der Waals surface area (Å²) < 4.78 is -1.12. The smallest absolute Gasteiger partial charge is 0.250 e. The van der Waals surface area contributed by atoms with Gasteiger partial charge in [-0.15, -0.1) is 0 Å². The third-order valence-corrected chi connectivity index (χ3v) is 5.79. The van der Waals surface area contributed by atoms with Crippen molar-refractivity contribution >= 4 is 29.3 Å². The summed E-state index contributed by atoms with van der Waals surface area (Å²) in [7, 11) is 0. The Kier molecular flexibility index (Phi) is 4.76. The lowest BCUT2D eigenvalue weighted by Crippen LogP contribution is -2.52. The van der Waals surface area contributed by atoms with E-state index in [1.54, 1.807) is 6.92 Å². The number of para-hydroxylation sites is 1. The minimum absolute atomic E-state index is 0.217. The fraction of sp³-hybridized carbons (Fsp3) is 0.444. The summed E-state index contributed by atoms with van der Waals surface area (Å²) >= 11 is 1.32. The van der Waals surface area contributed by atoms with Gasteiger partial charge in [0.15, 0.2) is 4.75 Å². The van der Waals surface area contributed by atoms with Gasteiger partial charge in [-0.05, 0) is 51.2 Å². The Morgan fingerprint density at radius 1 is 1.35 bits per heavy atom. The number of rotatable bonds is 4. The summed E-state index contributed by atoms with van der Waals surface area (Å²) in [5, 5.41) is 5.78. The summed E-state index contributed by atoms with van der Waals surface area (Å²) in [6.45, 7) is 2.29. The van der Waals surface area contributed by atoms with Gasteiger partial charge in [-0.1, -0.05) is 35.5 Å². The van der Waals surface area contributed by atoms with Crippen LogP contribution in [0.15, 0.2) is 40.8 Å². The second kappa shape index (κ2) is 6.79. The topological polar surface area (TPSA) is 58.2 Å². The zero-order chi connectivity index (χ0) is 16.3. The molecule has 0 aromatic heterocycles. The van der Waals surface area contributed by atoms with Crippen LogP contribution in [0.3, 0.4) is 0 Å². The highest BCUT2D eigenvalue weighted by molar-refractivity contribution is 8.02. The van der Waals surface area contributed by atoms with E-state index >= 15 is 0 Å². The molecule has 1 aromatic carbocycles. The number of carbonyl (C=O) groups excluding carboxylic acids is 2. The lowest BCUT2D eigenvalue weighted by Gasteiger charge is -2.31. The molecule has 0 saturated carbocycles. The molecule has 4 nitrogen and oxygen atoms in total. The molecule has 3 rings (SSSR count). The molecule has 0 saturated heterocycles. The van der Waals surface area contributed by atoms with Crippen LogP contribution >= 0.6 is 11.8 Å². The molecule has 1 aliphatic carbocycles. The molecular formula is C18H22N2O2S. The minimum Gasteiger partial charge on any atom is -0.354 e. The molecule has 2 aliphatic rings. The van der Waals surface area contributed by atoms with E-state index in [0.717, 1.165) is 29.8 Å². The maximum Gasteiger partial charge on any atom is 0.250 e. The van der Waals surface area contributed by atoms with Crippen LogP contribution in [-0.4, -0.2) is 23.1 Å². The van der Waals surface area contributed by atoms with E-state index in [2.05, 4.69) is 16.7 Å². The van der Waals surface area contributed by atoms with E-state index in [4.69, 9.17) is 0 Å². The van der Waals surface area contributed by atoms with Crippen LogP contribution in [0.4, 0.5) is 5.69 Å². The van der Waals surface area contributed by atoms with Crippen molar-refractivity contribution in [1.82, 2.24) is 5.32 Å². The molecule has 1 atom stereocenters. The maximum atomic E-state index is 12.6. The van der Waals surface area contributed by atoms with Crippen molar-refractivity contribution < 1.29 is 9.59 Å². The molecule has 122 valence electrons. The van der Waals surface area contributed by atoms with Gasteiger partial charge in [-0.3, -0.25) is 9.59 Å². The number of nitrogens with one attached hydrogen (secondary N) is 2. The zero-order valence-electron chi connectivity index (χ0n) is 13.4. The summed E-state index contributed by atoms with van der Waals surface area (Å²) in [4.78, 5) is 25.9. The van der Waals surface area contributed by atoms with Crippen molar-refractivity contribution in [3.05, 3.63) is 35.9 Å². The molecule has 23 heavy (non-hydrogen) atoms. The predicted molar refractivity (Wildman–Crippen MR) is 93.5 cm³/mol. The standard InChI is InChI=1S/C18H22N2O2S/c1-18(16(21)19-12-11-13-7-3-2-4-8-13)17(22)20-14-9-5-6-10-15(14)23-18/h5-7,9-10H,2-4,8,11-12H2,1H3,(H,19,21)(H,20,22)/t18-/m1/s1. The van der Waals surface area contributed by atoms with Crippen LogP contribution in [0.1, 0.15) is 39.0 Å². The molecule has 5 heteroatoms. The van der Waals surface area contributed by atoms with Crippen LogP contribution in [-0.2, 0) is 9.59 Å². The predicted octanol–water partition coefficient (Wildman–Crippen LogP) is 3.50. The third-order valence-electron chi connectivity index (χ3n) is 4.43. The fourth-order valence-electron chi connectivity index (χ4n) is 2.95. The van der Waals surface area contributed by atoms with E-state index in [0.29, 0.717) is 6.54 Å². The monoisotopic (exact) mass is 330 g/mol. The first-order valence-electron chi connectivity index (χ1n) is 8.15. The molecule has 1 heterocycles. The van der Waals surface area contributed by atoms with Gasteiger partial charge in [0.25, 0.3) is 0 Å². The maximum absolute atomic E-state index is 12.6. The lowest BCUT2D eigenvalue weighted by atomic mass is 9.97. The highest BCUT2D eigenvalue weighted by Crippen LogP contribution is 2.42. The molecule has 2 N–H and O–H groups in total. The number of benzene rings is 1. The van der Waals surface area contributed by atoms with Gasteiger partial charge >= 0.3 is 0 Å². The van der Waals surface area contributed by atoms with Gasteiger partial charge in [0.1, 0.15) is 0 Å². The largest absolute Gasteiger partial charge is 0.354 e. The van der Waals surface area contributed by atoms with E-state index in [1.807, 2.05) is 24.3 Å². The molecule has 1 aliphatic heterocycles.